The fourth-order valence-corrected chi connectivity index (χ4v) is 5.57. The van der Waals surface area contributed by atoms with Gasteiger partial charge in [-0.2, -0.15) is 0 Å². The summed E-state index contributed by atoms with van der Waals surface area (Å²) >= 11 is 0. The molecular weight excluding hydrogens is 486 g/mol. The normalized spacial score (nSPS) is 20.1. The number of methoxy groups -OCH3 is 1. The molecule has 2 aromatic carbocycles. The molecule has 10 heteroatoms. The molecule has 2 saturated heterocycles. The highest BCUT2D eigenvalue weighted by Crippen LogP contribution is 2.36. The van der Waals surface area contributed by atoms with Gasteiger partial charge >= 0.3 is 12.2 Å². The summed E-state index contributed by atoms with van der Waals surface area (Å²) in [6.45, 7) is 1.55. The molecule has 38 heavy (non-hydrogen) atoms. The quantitative estimate of drug-likeness (QED) is 0.572. The SMILES string of the molecule is COC(=O)N1CCC(CN2C(=O)C3(CN(C(=O)O)C3)N=C2c2ccc(-c3ccc4cccnc4c3)cc2)C1. The van der Waals surface area contributed by atoms with E-state index in [4.69, 9.17) is 9.73 Å². The number of aliphatic imine (C=N–C) groups is 1. The summed E-state index contributed by atoms with van der Waals surface area (Å²) in [7, 11) is 1.36. The molecule has 194 valence electrons. The number of carbonyl (C=O) groups is 3. The fraction of sp³-hybridized carbons (Fsp3) is 0.321. The number of rotatable bonds is 4. The highest BCUT2D eigenvalue weighted by Gasteiger charge is 2.58. The van der Waals surface area contributed by atoms with Gasteiger partial charge in [-0.25, -0.2) is 14.6 Å². The van der Waals surface area contributed by atoms with E-state index in [-0.39, 0.29) is 31.0 Å². The minimum atomic E-state index is -1.09. The van der Waals surface area contributed by atoms with Gasteiger partial charge in [0.1, 0.15) is 5.84 Å². The lowest BCUT2D eigenvalue weighted by atomic mass is 9.90. The largest absolute Gasteiger partial charge is 0.465 e. The number of hydrogen-bond acceptors (Lipinski definition) is 6. The second-order valence-corrected chi connectivity index (χ2v) is 10.1. The van der Waals surface area contributed by atoms with Gasteiger partial charge in [-0.05, 0) is 35.6 Å². The van der Waals surface area contributed by atoms with Gasteiger partial charge in [-0.1, -0.05) is 42.5 Å². The molecule has 1 N–H and O–H groups in total. The molecule has 2 fully saturated rings. The van der Waals surface area contributed by atoms with Gasteiger partial charge in [0.2, 0.25) is 0 Å². The average Bonchev–Trinajstić information content (AvgIpc) is 3.50. The van der Waals surface area contributed by atoms with Gasteiger partial charge in [0.15, 0.2) is 5.54 Å². The lowest BCUT2D eigenvalue weighted by molar-refractivity contribution is -0.136. The van der Waals surface area contributed by atoms with Gasteiger partial charge in [0.25, 0.3) is 5.91 Å². The van der Waals surface area contributed by atoms with Crippen molar-refractivity contribution in [3.8, 4) is 11.1 Å². The number of benzene rings is 2. The molecule has 1 unspecified atom stereocenters. The Bertz CT molecular complexity index is 1460. The number of hydrogen-bond donors (Lipinski definition) is 1. The summed E-state index contributed by atoms with van der Waals surface area (Å²) in [5, 5.41) is 10.4. The number of fused-ring (bicyclic) bond motifs is 1. The van der Waals surface area contributed by atoms with Crippen molar-refractivity contribution in [3.63, 3.8) is 0 Å². The number of amides is 3. The molecule has 1 aromatic heterocycles. The van der Waals surface area contributed by atoms with E-state index in [1.165, 1.54) is 12.0 Å². The Labute approximate surface area is 219 Å². The second-order valence-electron chi connectivity index (χ2n) is 10.1. The third-order valence-corrected chi connectivity index (χ3v) is 7.64. The van der Waals surface area contributed by atoms with Crippen molar-refractivity contribution in [2.24, 2.45) is 10.9 Å². The van der Waals surface area contributed by atoms with Crippen LogP contribution in [0.4, 0.5) is 9.59 Å². The van der Waals surface area contributed by atoms with Gasteiger partial charge in [0, 0.05) is 36.8 Å². The van der Waals surface area contributed by atoms with Gasteiger partial charge < -0.3 is 19.6 Å². The molecule has 10 nitrogen and oxygen atoms in total. The third kappa shape index (κ3) is 4.02. The minimum Gasteiger partial charge on any atom is -0.465 e. The number of aromatic nitrogens is 1. The number of carbonyl (C=O) groups excluding carboxylic acids is 2. The van der Waals surface area contributed by atoms with Crippen LogP contribution in [0.3, 0.4) is 0 Å². The minimum absolute atomic E-state index is 0.0439. The van der Waals surface area contributed by atoms with Crippen LogP contribution < -0.4 is 0 Å². The standard InChI is InChI=1S/C28H27N5O5/c1-38-27(37)31-12-10-18(14-31)15-33-24(30-28(25(33)34)16-32(17-28)26(35)36)21-7-4-19(5-8-21)22-9-6-20-3-2-11-29-23(20)13-22/h2-9,11,13,18H,10,12,14-17H2,1H3,(H,35,36). The molecular formula is C28H27N5O5. The molecule has 3 aliphatic heterocycles. The molecule has 1 atom stereocenters. The Morgan fingerprint density at radius 3 is 2.53 bits per heavy atom. The van der Waals surface area contributed by atoms with Crippen LogP contribution in [0.1, 0.15) is 12.0 Å². The van der Waals surface area contributed by atoms with Crippen molar-refractivity contribution in [2.75, 3.05) is 39.8 Å². The zero-order chi connectivity index (χ0) is 26.4. The predicted molar refractivity (Wildman–Crippen MR) is 140 cm³/mol. The number of nitrogens with zero attached hydrogens (tertiary/aromatic N) is 5. The smallest absolute Gasteiger partial charge is 0.409 e. The molecule has 3 aliphatic rings. The summed E-state index contributed by atoms with van der Waals surface area (Å²) in [5.74, 6) is 0.424. The van der Waals surface area contributed by atoms with Crippen molar-refractivity contribution in [2.45, 2.75) is 12.0 Å². The molecule has 3 aromatic rings. The van der Waals surface area contributed by atoms with E-state index >= 15 is 0 Å². The second kappa shape index (κ2) is 9.13. The van der Waals surface area contributed by atoms with E-state index in [2.05, 4.69) is 11.1 Å². The molecule has 0 saturated carbocycles. The van der Waals surface area contributed by atoms with Crippen LogP contribution in [0, 0.1) is 5.92 Å². The molecule has 0 bridgehead atoms. The van der Waals surface area contributed by atoms with Crippen molar-refractivity contribution in [1.29, 1.82) is 0 Å². The summed E-state index contributed by atoms with van der Waals surface area (Å²) in [6.07, 6.45) is 1.09. The zero-order valence-electron chi connectivity index (χ0n) is 20.9. The first kappa shape index (κ1) is 23.9. The fourth-order valence-electron chi connectivity index (χ4n) is 5.57. The van der Waals surface area contributed by atoms with Crippen LogP contribution in [0.5, 0.6) is 0 Å². The first-order valence-electron chi connectivity index (χ1n) is 12.5. The topological polar surface area (TPSA) is 116 Å². The van der Waals surface area contributed by atoms with Crippen LogP contribution in [0.2, 0.25) is 0 Å². The summed E-state index contributed by atoms with van der Waals surface area (Å²) in [5.41, 5.74) is 2.66. The summed E-state index contributed by atoms with van der Waals surface area (Å²) in [6, 6.07) is 18.0. The number of pyridine rings is 1. The van der Waals surface area contributed by atoms with E-state index < -0.39 is 11.6 Å². The third-order valence-electron chi connectivity index (χ3n) is 7.64. The Balaban J connectivity index is 1.28. The lowest BCUT2D eigenvalue weighted by Gasteiger charge is -2.42. The molecule has 0 aliphatic carbocycles. The predicted octanol–water partition coefficient (Wildman–Crippen LogP) is 3.31. The molecule has 6 rings (SSSR count). The van der Waals surface area contributed by atoms with Crippen molar-refractivity contribution < 1.29 is 24.2 Å². The maximum Gasteiger partial charge on any atom is 0.409 e. The first-order chi connectivity index (χ1) is 18.4. The van der Waals surface area contributed by atoms with Crippen LogP contribution in [-0.2, 0) is 9.53 Å². The van der Waals surface area contributed by atoms with Gasteiger partial charge in [-0.15, -0.1) is 0 Å². The van der Waals surface area contributed by atoms with E-state index in [0.29, 0.717) is 25.5 Å². The van der Waals surface area contributed by atoms with Crippen LogP contribution >= 0.6 is 0 Å². The monoisotopic (exact) mass is 513 g/mol. The molecule has 0 radical (unpaired) electrons. The van der Waals surface area contributed by atoms with Gasteiger partial charge in [0.05, 0.1) is 25.7 Å². The first-order valence-corrected chi connectivity index (χ1v) is 12.5. The molecule has 1 spiro atoms. The molecule has 3 amide bonds. The Morgan fingerprint density at radius 1 is 1.05 bits per heavy atom. The van der Waals surface area contributed by atoms with Crippen molar-refractivity contribution >= 4 is 34.8 Å². The number of carboxylic acid groups (broad SMARTS) is 1. The maximum absolute atomic E-state index is 13.6. The number of ether oxygens (including phenoxy) is 1. The van der Waals surface area contributed by atoms with E-state index in [0.717, 1.165) is 34.0 Å². The summed E-state index contributed by atoms with van der Waals surface area (Å²) < 4.78 is 4.85. The lowest BCUT2D eigenvalue weighted by Crippen LogP contribution is -2.66. The van der Waals surface area contributed by atoms with Crippen LogP contribution in [0.15, 0.2) is 65.8 Å². The van der Waals surface area contributed by atoms with E-state index in [1.54, 1.807) is 16.0 Å². The number of amidine groups is 1. The number of likely N-dealkylation sites (tertiary alicyclic amines) is 2. The highest BCUT2D eigenvalue weighted by molar-refractivity contribution is 6.16. The van der Waals surface area contributed by atoms with Crippen LogP contribution in [-0.4, -0.2) is 94.1 Å². The van der Waals surface area contributed by atoms with Crippen molar-refractivity contribution in [3.05, 3.63) is 66.4 Å². The van der Waals surface area contributed by atoms with E-state index in [1.807, 2.05) is 48.5 Å². The van der Waals surface area contributed by atoms with Crippen molar-refractivity contribution in [1.82, 2.24) is 19.7 Å². The molecule has 4 heterocycles. The Kier molecular flexibility index (Phi) is 5.74. The Morgan fingerprint density at radius 2 is 1.79 bits per heavy atom. The Hall–Kier alpha value is -4.47. The van der Waals surface area contributed by atoms with Crippen LogP contribution in [0.25, 0.3) is 22.0 Å². The summed E-state index contributed by atoms with van der Waals surface area (Å²) in [4.78, 5) is 50.8. The maximum atomic E-state index is 13.6. The average molecular weight is 514 g/mol. The zero-order valence-corrected chi connectivity index (χ0v) is 20.9. The van der Waals surface area contributed by atoms with E-state index in [9.17, 15) is 19.5 Å². The van der Waals surface area contributed by atoms with Gasteiger partial charge in [-0.3, -0.25) is 14.7 Å². The highest BCUT2D eigenvalue weighted by atomic mass is 16.5.